The highest BCUT2D eigenvalue weighted by Gasteiger charge is 2.25. The predicted molar refractivity (Wildman–Crippen MR) is 67.8 cm³/mol. The molecular formula is C13H19NO4. The van der Waals surface area contributed by atoms with Crippen molar-refractivity contribution in [2.24, 2.45) is 0 Å². The van der Waals surface area contributed by atoms with Crippen LogP contribution in [-0.4, -0.2) is 46.7 Å². The molecule has 1 unspecified atom stereocenters. The molecule has 1 aliphatic rings. The van der Waals surface area contributed by atoms with Crippen LogP contribution in [0, 0.1) is 0 Å². The third-order valence-corrected chi connectivity index (χ3v) is 3.39. The van der Waals surface area contributed by atoms with Crippen molar-refractivity contribution in [1.82, 2.24) is 0 Å². The maximum atomic E-state index is 10.2. The van der Waals surface area contributed by atoms with Crippen LogP contribution in [0.15, 0.2) is 12.1 Å². The second-order valence-electron chi connectivity index (χ2n) is 4.49. The molecule has 0 spiro atoms. The highest BCUT2D eigenvalue weighted by atomic mass is 16.3. The molecule has 100 valence electrons. The van der Waals surface area contributed by atoms with Gasteiger partial charge in [0.1, 0.15) is 5.75 Å². The Balaban J connectivity index is 2.29. The number of rotatable bonds is 5. The zero-order valence-electron chi connectivity index (χ0n) is 10.2. The van der Waals surface area contributed by atoms with Crippen LogP contribution in [0.1, 0.15) is 23.7 Å². The molecular weight excluding hydrogens is 234 g/mol. The van der Waals surface area contributed by atoms with E-state index in [0.717, 1.165) is 17.8 Å². The molecule has 0 aromatic heterocycles. The van der Waals surface area contributed by atoms with Crippen LogP contribution in [0.2, 0.25) is 0 Å². The monoisotopic (exact) mass is 253 g/mol. The first-order chi connectivity index (χ1) is 8.69. The topological polar surface area (TPSA) is 84.2 Å². The number of phenols is 1. The number of aliphatic hydroxyl groups excluding tert-OH is 3. The van der Waals surface area contributed by atoms with Gasteiger partial charge in [-0.1, -0.05) is 6.07 Å². The van der Waals surface area contributed by atoms with E-state index in [2.05, 4.69) is 0 Å². The van der Waals surface area contributed by atoms with Gasteiger partial charge in [0.15, 0.2) is 0 Å². The van der Waals surface area contributed by atoms with Crippen LogP contribution in [0.3, 0.4) is 0 Å². The summed E-state index contributed by atoms with van der Waals surface area (Å²) in [4.78, 5) is 2.01. The van der Waals surface area contributed by atoms with Crippen LogP contribution in [0.5, 0.6) is 5.75 Å². The molecule has 18 heavy (non-hydrogen) atoms. The van der Waals surface area contributed by atoms with Crippen molar-refractivity contribution in [3.63, 3.8) is 0 Å². The summed E-state index contributed by atoms with van der Waals surface area (Å²) in [6.45, 7) is 1.28. The first-order valence-electron chi connectivity index (χ1n) is 6.18. The minimum absolute atomic E-state index is 0.0785. The number of hydrogen-bond donors (Lipinski definition) is 4. The molecule has 0 fully saturated rings. The van der Waals surface area contributed by atoms with E-state index in [9.17, 15) is 10.2 Å². The number of aromatic hydroxyl groups is 1. The SMILES string of the molecule is OCCC(O)c1ccc2c(c1O)CCN2CCO. The maximum Gasteiger partial charge on any atom is 0.126 e. The van der Waals surface area contributed by atoms with Crippen molar-refractivity contribution < 1.29 is 20.4 Å². The summed E-state index contributed by atoms with van der Waals surface area (Å²) in [7, 11) is 0. The van der Waals surface area contributed by atoms with Crippen molar-refractivity contribution in [1.29, 1.82) is 0 Å². The fourth-order valence-corrected chi connectivity index (χ4v) is 2.45. The van der Waals surface area contributed by atoms with E-state index in [-0.39, 0.29) is 25.4 Å². The van der Waals surface area contributed by atoms with E-state index in [1.807, 2.05) is 11.0 Å². The Labute approximate surface area is 106 Å². The van der Waals surface area contributed by atoms with Gasteiger partial charge in [0.25, 0.3) is 0 Å². The van der Waals surface area contributed by atoms with E-state index < -0.39 is 6.10 Å². The number of benzene rings is 1. The fraction of sp³-hybridized carbons (Fsp3) is 0.538. The van der Waals surface area contributed by atoms with E-state index in [1.54, 1.807) is 6.07 Å². The third kappa shape index (κ3) is 2.29. The first-order valence-corrected chi connectivity index (χ1v) is 6.18. The van der Waals surface area contributed by atoms with Gasteiger partial charge in [0.2, 0.25) is 0 Å². The van der Waals surface area contributed by atoms with Gasteiger partial charge in [-0.25, -0.2) is 0 Å². The van der Waals surface area contributed by atoms with Gasteiger partial charge in [-0.05, 0) is 12.5 Å². The molecule has 2 rings (SSSR count). The summed E-state index contributed by atoms with van der Waals surface area (Å²) in [5, 5.41) is 37.8. The second kappa shape index (κ2) is 5.56. The lowest BCUT2D eigenvalue weighted by atomic mass is 10.0. The summed E-state index contributed by atoms with van der Waals surface area (Å²) in [6, 6.07) is 3.54. The molecule has 5 heteroatoms. The lowest BCUT2D eigenvalue weighted by molar-refractivity contribution is 0.131. The molecule has 4 N–H and O–H groups in total. The Bertz CT molecular complexity index is 422. The summed E-state index contributed by atoms with van der Waals surface area (Å²) in [5.74, 6) is 0.119. The number of hydrogen-bond acceptors (Lipinski definition) is 5. The van der Waals surface area contributed by atoms with Gasteiger partial charge in [-0.3, -0.25) is 0 Å². The lowest BCUT2D eigenvalue weighted by Crippen LogP contribution is -2.23. The van der Waals surface area contributed by atoms with Crippen LogP contribution >= 0.6 is 0 Å². The Hall–Kier alpha value is -1.30. The molecule has 1 aromatic carbocycles. The molecule has 0 saturated carbocycles. The highest BCUT2D eigenvalue weighted by Crippen LogP contribution is 2.39. The largest absolute Gasteiger partial charge is 0.507 e. The molecule has 0 aliphatic carbocycles. The number of nitrogens with zero attached hydrogens (tertiary/aromatic N) is 1. The summed E-state index contributed by atoms with van der Waals surface area (Å²) < 4.78 is 0. The Morgan fingerprint density at radius 2 is 2.00 bits per heavy atom. The van der Waals surface area contributed by atoms with Crippen molar-refractivity contribution in [2.75, 3.05) is 31.2 Å². The Morgan fingerprint density at radius 1 is 1.22 bits per heavy atom. The van der Waals surface area contributed by atoms with Gasteiger partial charge in [0.05, 0.1) is 12.7 Å². The summed E-state index contributed by atoms with van der Waals surface area (Å²) >= 11 is 0. The summed E-state index contributed by atoms with van der Waals surface area (Å²) in [6.07, 6.45) is 0.0836. The molecule has 0 radical (unpaired) electrons. The van der Waals surface area contributed by atoms with Crippen molar-refractivity contribution in [3.8, 4) is 5.75 Å². The number of fused-ring (bicyclic) bond motifs is 1. The van der Waals surface area contributed by atoms with Crippen LogP contribution < -0.4 is 4.90 Å². The average molecular weight is 253 g/mol. The number of aliphatic hydroxyl groups is 3. The van der Waals surface area contributed by atoms with E-state index in [0.29, 0.717) is 18.5 Å². The number of β-amino-alcohol motifs (C(OH)–C–C–N with tert-alkyl or cyclic N) is 1. The van der Waals surface area contributed by atoms with Gasteiger partial charge in [0, 0.05) is 42.9 Å². The minimum atomic E-state index is -0.841. The standard InChI is InChI=1S/C13H19NO4/c15-7-4-12(17)10-1-2-11-9(13(10)18)3-5-14(11)6-8-16/h1-2,12,15-18H,3-8H2. The normalized spacial score (nSPS) is 15.8. The third-order valence-electron chi connectivity index (χ3n) is 3.39. The molecule has 0 bridgehead atoms. The van der Waals surface area contributed by atoms with Gasteiger partial charge in [-0.2, -0.15) is 0 Å². The van der Waals surface area contributed by atoms with Crippen molar-refractivity contribution in [2.45, 2.75) is 18.9 Å². The number of phenolic OH excluding ortho intramolecular Hbond substituents is 1. The first kappa shape index (κ1) is 13.1. The lowest BCUT2D eigenvalue weighted by Gasteiger charge is -2.19. The molecule has 1 heterocycles. The molecule has 1 atom stereocenters. The molecule has 5 nitrogen and oxygen atoms in total. The van der Waals surface area contributed by atoms with Crippen LogP contribution in [0.4, 0.5) is 5.69 Å². The zero-order valence-corrected chi connectivity index (χ0v) is 10.2. The van der Waals surface area contributed by atoms with Gasteiger partial charge in [-0.15, -0.1) is 0 Å². The van der Waals surface area contributed by atoms with Crippen LogP contribution in [-0.2, 0) is 6.42 Å². The molecule has 1 aliphatic heterocycles. The minimum Gasteiger partial charge on any atom is -0.507 e. The zero-order chi connectivity index (χ0) is 13.1. The van der Waals surface area contributed by atoms with Crippen molar-refractivity contribution in [3.05, 3.63) is 23.3 Å². The molecule has 0 amide bonds. The fourth-order valence-electron chi connectivity index (χ4n) is 2.45. The van der Waals surface area contributed by atoms with Crippen LogP contribution in [0.25, 0.3) is 0 Å². The maximum absolute atomic E-state index is 10.2. The number of anilines is 1. The Kier molecular flexibility index (Phi) is 4.06. The highest BCUT2D eigenvalue weighted by molar-refractivity contribution is 5.65. The average Bonchev–Trinajstić information content (AvgIpc) is 2.75. The second-order valence-corrected chi connectivity index (χ2v) is 4.49. The quantitative estimate of drug-likeness (QED) is 0.601. The molecule has 1 aromatic rings. The van der Waals surface area contributed by atoms with Crippen molar-refractivity contribution >= 4 is 5.69 Å². The summed E-state index contributed by atoms with van der Waals surface area (Å²) in [5.41, 5.74) is 2.20. The van der Waals surface area contributed by atoms with Gasteiger partial charge < -0.3 is 25.3 Å². The van der Waals surface area contributed by atoms with E-state index >= 15 is 0 Å². The van der Waals surface area contributed by atoms with E-state index in [1.165, 1.54) is 0 Å². The molecule has 0 saturated heterocycles. The Morgan fingerprint density at radius 3 is 2.67 bits per heavy atom. The smallest absolute Gasteiger partial charge is 0.126 e. The van der Waals surface area contributed by atoms with E-state index in [4.69, 9.17) is 10.2 Å². The van der Waals surface area contributed by atoms with Gasteiger partial charge >= 0.3 is 0 Å². The predicted octanol–water partition coefficient (Wildman–Crippen LogP) is 0.163.